The number of hydrogen-bond acceptors (Lipinski definition) is 2. The maximum atomic E-state index is 10.3. The fourth-order valence-corrected chi connectivity index (χ4v) is 2.06. The third-order valence-corrected chi connectivity index (χ3v) is 3.16. The van der Waals surface area contributed by atoms with Crippen molar-refractivity contribution in [2.24, 2.45) is 0 Å². The molecule has 4 nitrogen and oxygen atoms in total. The summed E-state index contributed by atoms with van der Waals surface area (Å²) in [5, 5.41) is 15.9. The Labute approximate surface area is 135 Å². The molecule has 0 aliphatic carbocycles. The maximum absolute atomic E-state index is 10.3. The molecule has 4 heteroatoms. The molecule has 0 bridgehead atoms. The van der Waals surface area contributed by atoms with Gasteiger partial charge in [-0.25, -0.2) is 0 Å². The number of carboxylic acid groups (broad SMARTS) is 2. The Morgan fingerprint density at radius 3 is 1.59 bits per heavy atom. The van der Waals surface area contributed by atoms with Gasteiger partial charge in [0.1, 0.15) is 0 Å². The molecule has 0 unspecified atom stereocenters. The lowest BCUT2D eigenvalue weighted by molar-refractivity contribution is -0.137. The van der Waals surface area contributed by atoms with Crippen LogP contribution in [0.4, 0.5) is 0 Å². The summed E-state index contributed by atoms with van der Waals surface area (Å²) in [6.45, 7) is 3.26. The Morgan fingerprint density at radius 1 is 0.773 bits per heavy atom. The fraction of sp³-hybridized carbons (Fsp3) is 0.778. The smallest absolute Gasteiger partial charge is 0.303 e. The molecule has 0 heterocycles. The van der Waals surface area contributed by atoms with Gasteiger partial charge in [-0.1, -0.05) is 64.0 Å². The third kappa shape index (κ3) is 31.2. The molecule has 0 aromatic rings. The van der Waals surface area contributed by atoms with Crippen molar-refractivity contribution in [3.8, 4) is 0 Å². The van der Waals surface area contributed by atoms with Crippen molar-refractivity contribution < 1.29 is 19.8 Å². The molecule has 0 rings (SSSR count). The topological polar surface area (TPSA) is 74.6 Å². The first-order valence-electron chi connectivity index (χ1n) is 8.57. The Hall–Kier alpha value is -1.32. The molecule has 0 atom stereocenters. The van der Waals surface area contributed by atoms with Crippen LogP contribution in [-0.2, 0) is 9.59 Å². The number of allylic oxidation sites excluding steroid dienone is 2. The maximum Gasteiger partial charge on any atom is 0.303 e. The van der Waals surface area contributed by atoms with E-state index in [4.69, 9.17) is 15.0 Å². The van der Waals surface area contributed by atoms with Crippen LogP contribution in [0.15, 0.2) is 12.2 Å². The van der Waals surface area contributed by atoms with Crippen molar-refractivity contribution in [2.45, 2.75) is 90.9 Å². The summed E-state index contributed by atoms with van der Waals surface area (Å²) >= 11 is 0. The van der Waals surface area contributed by atoms with Gasteiger partial charge in [0.15, 0.2) is 0 Å². The molecule has 0 aromatic carbocycles. The summed E-state index contributed by atoms with van der Waals surface area (Å²) in [6.07, 6.45) is 18.4. The quantitative estimate of drug-likeness (QED) is 0.351. The second kappa shape index (κ2) is 19.7. The molecule has 0 aliphatic heterocycles. The van der Waals surface area contributed by atoms with Crippen LogP contribution in [0.5, 0.6) is 0 Å². The van der Waals surface area contributed by atoms with E-state index < -0.39 is 11.9 Å². The van der Waals surface area contributed by atoms with Crippen molar-refractivity contribution in [2.75, 3.05) is 0 Å². The number of aliphatic carboxylic acids is 2. The largest absolute Gasteiger partial charge is 0.481 e. The minimum atomic E-state index is -0.833. The van der Waals surface area contributed by atoms with Gasteiger partial charge >= 0.3 is 5.97 Å². The van der Waals surface area contributed by atoms with Crippen LogP contribution >= 0.6 is 0 Å². The van der Waals surface area contributed by atoms with Crippen molar-refractivity contribution in [3.05, 3.63) is 12.2 Å². The van der Waals surface area contributed by atoms with Crippen LogP contribution in [0.1, 0.15) is 90.9 Å². The molecular weight excluding hydrogens is 280 g/mol. The van der Waals surface area contributed by atoms with Crippen molar-refractivity contribution >= 4 is 11.9 Å². The van der Waals surface area contributed by atoms with Gasteiger partial charge in [-0.05, 0) is 25.7 Å². The summed E-state index contributed by atoms with van der Waals surface area (Å²) in [5.41, 5.74) is 0. The van der Waals surface area contributed by atoms with Gasteiger partial charge in [0.25, 0.3) is 5.97 Å². The number of rotatable bonds is 13. The van der Waals surface area contributed by atoms with Crippen molar-refractivity contribution in [3.63, 3.8) is 0 Å². The Morgan fingerprint density at radius 2 is 1.18 bits per heavy atom. The van der Waals surface area contributed by atoms with Crippen LogP contribution in [-0.4, -0.2) is 22.2 Å². The van der Waals surface area contributed by atoms with Crippen LogP contribution in [0.3, 0.4) is 0 Å². The Balaban J connectivity index is 0. The van der Waals surface area contributed by atoms with E-state index in [-0.39, 0.29) is 0 Å². The van der Waals surface area contributed by atoms with Gasteiger partial charge < -0.3 is 10.2 Å². The number of unbranched alkanes of at least 4 members (excludes halogenated alkanes) is 9. The summed E-state index contributed by atoms with van der Waals surface area (Å²) in [4.78, 5) is 19.3. The van der Waals surface area contributed by atoms with Gasteiger partial charge in [-0.3, -0.25) is 9.59 Å². The van der Waals surface area contributed by atoms with Gasteiger partial charge in [0, 0.05) is 13.3 Å². The number of carbonyl (C=O) groups is 2. The van der Waals surface area contributed by atoms with E-state index in [2.05, 4.69) is 19.1 Å². The van der Waals surface area contributed by atoms with Crippen LogP contribution in [0.2, 0.25) is 0 Å². The number of carboxylic acids is 2. The minimum Gasteiger partial charge on any atom is -0.481 e. The SMILES string of the molecule is CC(=O)O.CC/C=C\CCCCCCCCCCCC(=O)O. The molecule has 130 valence electrons. The van der Waals surface area contributed by atoms with E-state index in [0.717, 1.165) is 26.2 Å². The molecule has 2 N–H and O–H groups in total. The highest BCUT2D eigenvalue weighted by atomic mass is 16.4. The fourth-order valence-electron chi connectivity index (χ4n) is 2.06. The lowest BCUT2D eigenvalue weighted by Gasteiger charge is -2.01. The number of hydrogen-bond donors (Lipinski definition) is 2. The first kappa shape index (κ1) is 23.0. The minimum absolute atomic E-state index is 0.339. The predicted molar refractivity (Wildman–Crippen MR) is 91.2 cm³/mol. The average Bonchev–Trinajstić information content (AvgIpc) is 2.43. The molecule has 0 saturated carbocycles. The zero-order valence-corrected chi connectivity index (χ0v) is 14.4. The van der Waals surface area contributed by atoms with E-state index in [1.54, 1.807) is 0 Å². The molecule has 0 aliphatic rings. The standard InChI is InChI=1S/C16H30O2.C2H4O2/c1-2-3-4-5-6-7-8-9-10-11-12-13-14-15-16(17)18;1-2(3)4/h3-4H,2,5-15H2,1H3,(H,17,18);1H3,(H,3,4)/b4-3-;. The second-order valence-electron chi connectivity index (χ2n) is 5.51. The lowest BCUT2D eigenvalue weighted by Crippen LogP contribution is -1.93. The highest BCUT2D eigenvalue weighted by Gasteiger charge is 1.96. The third-order valence-electron chi connectivity index (χ3n) is 3.16. The second-order valence-corrected chi connectivity index (χ2v) is 5.51. The van der Waals surface area contributed by atoms with Gasteiger partial charge in [0.05, 0.1) is 0 Å². The highest BCUT2D eigenvalue weighted by Crippen LogP contribution is 2.11. The molecule has 0 amide bonds. The van der Waals surface area contributed by atoms with E-state index in [1.807, 2.05) is 0 Å². The Kier molecular flexibility index (Phi) is 20.5. The van der Waals surface area contributed by atoms with Crippen LogP contribution < -0.4 is 0 Å². The molecule has 0 saturated heterocycles. The van der Waals surface area contributed by atoms with Crippen molar-refractivity contribution in [1.82, 2.24) is 0 Å². The summed E-state index contributed by atoms with van der Waals surface area (Å²) < 4.78 is 0. The monoisotopic (exact) mass is 314 g/mol. The normalized spacial score (nSPS) is 10.3. The van der Waals surface area contributed by atoms with E-state index in [1.165, 1.54) is 51.4 Å². The highest BCUT2D eigenvalue weighted by molar-refractivity contribution is 5.66. The van der Waals surface area contributed by atoms with Crippen molar-refractivity contribution in [1.29, 1.82) is 0 Å². The molecule has 0 radical (unpaired) electrons. The van der Waals surface area contributed by atoms with Gasteiger partial charge in [-0.15, -0.1) is 0 Å². The molecule has 0 fully saturated rings. The zero-order chi connectivity index (χ0) is 17.1. The van der Waals surface area contributed by atoms with Crippen LogP contribution in [0, 0.1) is 0 Å². The summed E-state index contributed by atoms with van der Waals surface area (Å²) in [7, 11) is 0. The predicted octanol–water partition coefficient (Wildman–Crippen LogP) is 5.42. The molecule has 0 spiro atoms. The lowest BCUT2D eigenvalue weighted by atomic mass is 10.1. The van der Waals surface area contributed by atoms with Crippen LogP contribution in [0.25, 0.3) is 0 Å². The first-order chi connectivity index (χ1) is 10.5. The van der Waals surface area contributed by atoms with Gasteiger partial charge in [0.2, 0.25) is 0 Å². The Bertz CT molecular complexity index is 281. The average molecular weight is 314 g/mol. The zero-order valence-electron chi connectivity index (χ0n) is 14.4. The first-order valence-corrected chi connectivity index (χ1v) is 8.57. The van der Waals surface area contributed by atoms with E-state index in [9.17, 15) is 4.79 Å². The summed E-state index contributed by atoms with van der Waals surface area (Å²) in [6, 6.07) is 0. The van der Waals surface area contributed by atoms with E-state index >= 15 is 0 Å². The van der Waals surface area contributed by atoms with Gasteiger partial charge in [-0.2, -0.15) is 0 Å². The summed E-state index contributed by atoms with van der Waals surface area (Å²) in [5.74, 6) is -1.49. The molecule has 0 aromatic heterocycles. The molecular formula is C18H34O4. The van der Waals surface area contributed by atoms with E-state index in [0.29, 0.717) is 6.42 Å². The molecule has 22 heavy (non-hydrogen) atoms.